The Hall–Kier alpha value is -2.44. The van der Waals surface area contributed by atoms with Crippen molar-refractivity contribution in [1.29, 1.82) is 0 Å². The molecule has 7 heteroatoms. The normalized spacial score (nSPS) is 22.5. The molecule has 1 amide bonds. The number of carbonyl (C=O) groups excluding carboxylic acids is 1. The zero-order valence-electron chi connectivity index (χ0n) is 14.4. The van der Waals surface area contributed by atoms with Gasteiger partial charge in [0.2, 0.25) is 0 Å². The van der Waals surface area contributed by atoms with Gasteiger partial charge in [-0.3, -0.25) is 9.59 Å². The molecule has 2 aromatic rings. The molecule has 1 aliphatic rings. The van der Waals surface area contributed by atoms with E-state index in [2.05, 4.69) is 0 Å². The summed E-state index contributed by atoms with van der Waals surface area (Å²) in [5.41, 5.74) is -0.808. The van der Waals surface area contributed by atoms with Gasteiger partial charge in [0, 0.05) is 23.7 Å². The molecule has 0 unspecified atom stereocenters. The number of carboxylic acid groups (broad SMARTS) is 1. The first-order valence-corrected chi connectivity index (χ1v) is 8.90. The molecule has 3 rings (SSSR count). The molecule has 0 spiro atoms. The molecule has 0 aromatic heterocycles. The topological polar surface area (TPSA) is 77.8 Å². The number of aliphatic hydroxyl groups is 1. The molecule has 142 valence electrons. The minimum Gasteiger partial charge on any atom is -0.481 e. The van der Waals surface area contributed by atoms with E-state index in [1.807, 2.05) is 0 Å². The van der Waals surface area contributed by atoms with Gasteiger partial charge in [0.05, 0.1) is 6.10 Å². The quantitative estimate of drug-likeness (QED) is 0.839. The monoisotopic (exact) mass is 391 g/mol. The van der Waals surface area contributed by atoms with Crippen molar-refractivity contribution in [3.63, 3.8) is 0 Å². The predicted molar refractivity (Wildman–Crippen MR) is 98.2 cm³/mol. The highest BCUT2D eigenvalue weighted by Gasteiger charge is 2.50. The molecule has 0 aliphatic carbocycles. The maximum Gasteiger partial charge on any atom is 0.314 e. The minimum atomic E-state index is -1.61. The average molecular weight is 392 g/mol. The molecule has 2 N–H and O–H groups in total. The SMILES string of the molecule is O=C(c1cccc(Cl)c1)N1CC[C@@H](O)[C@](Cc2cccc(F)c2)(C(=O)O)C1. The van der Waals surface area contributed by atoms with Crippen molar-refractivity contribution in [3.8, 4) is 0 Å². The van der Waals surface area contributed by atoms with Crippen LogP contribution < -0.4 is 0 Å². The Balaban J connectivity index is 1.91. The van der Waals surface area contributed by atoms with Crippen LogP contribution in [-0.4, -0.2) is 46.2 Å². The first-order valence-electron chi connectivity index (χ1n) is 8.52. The van der Waals surface area contributed by atoms with E-state index in [0.717, 1.165) is 0 Å². The molecule has 0 saturated carbocycles. The van der Waals surface area contributed by atoms with Crippen LogP contribution in [0, 0.1) is 11.2 Å². The van der Waals surface area contributed by atoms with E-state index in [-0.39, 0.29) is 31.8 Å². The van der Waals surface area contributed by atoms with E-state index in [9.17, 15) is 24.2 Å². The van der Waals surface area contributed by atoms with Crippen molar-refractivity contribution in [1.82, 2.24) is 4.90 Å². The summed E-state index contributed by atoms with van der Waals surface area (Å²) in [7, 11) is 0. The number of benzene rings is 2. The lowest BCUT2D eigenvalue weighted by Gasteiger charge is -2.43. The number of piperidine rings is 1. The van der Waals surface area contributed by atoms with Gasteiger partial charge in [-0.15, -0.1) is 0 Å². The van der Waals surface area contributed by atoms with Crippen molar-refractivity contribution < 1.29 is 24.2 Å². The van der Waals surface area contributed by atoms with Gasteiger partial charge in [-0.2, -0.15) is 0 Å². The lowest BCUT2D eigenvalue weighted by molar-refractivity contribution is -0.161. The first-order chi connectivity index (χ1) is 12.8. The summed E-state index contributed by atoms with van der Waals surface area (Å²) in [5, 5.41) is 20.8. The van der Waals surface area contributed by atoms with Crippen LogP contribution >= 0.6 is 11.6 Å². The zero-order valence-corrected chi connectivity index (χ0v) is 15.2. The molecule has 2 atom stereocenters. The Bertz CT molecular complexity index is 875. The molecule has 0 bridgehead atoms. The number of carbonyl (C=O) groups is 2. The van der Waals surface area contributed by atoms with Crippen LogP contribution in [0.5, 0.6) is 0 Å². The van der Waals surface area contributed by atoms with E-state index in [4.69, 9.17) is 11.6 Å². The summed E-state index contributed by atoms with van der Waals surface area (Å²) < 4.78 is 13.5. The first kappa shape index (κ1) is 19.3. The van der Waals surface area contributed by atoms with Crippen LogP contribution in [-0.2, 0) is 11.2 Å². The maximum atomic E-state index is 13.5. The van der Waals surface area contributed by atoms with Gasteiger partial charge in [-0.25, -0.2) is 4.39 Å². The number of hydrogen-bond donors (Lipinski definition) is 2. The van der Waals surface area contributed by atoms with Crippen LogP contribution in [0.15, 0.2) is 48.5 Å². The van der Waals surface area contributed by atoms with Gasteiger partial charge in [0.15, 0.2) is 0 Å². The molecule has 1 aliphatic heterocycles. The Labute approximate surface area is 161 Å². The fourth-order valence-electron chi connectivity index (χ4n) is 3.53. The highest BCUT2D eigenvalue weighted by molar-refractivity contribution is 6.30. The fraction of sp³-hybridized carbons (Fsp3) is 0.300. The number of hydrogen-bond acceptors (Lipinski definition) is 3. The van der Waals surface area contributed by atoms with Crippen molar-refractivity contribution in [3.05, 3.63) is 70.5 Å². The van der Waals surface area contributed by atoms with Gasteiger partial charge in [-0.1, -0.05) is 29.8 Å². The van der Waals surface area contributed by atoms with Gasteiger partial charge in [0.25, 0.3) is 5.91 Å². The molecule has 0 radical (unpaired) electrons. The smallest absolute Gasteiger partial charge is 0.314 e. The largest absolute Gasteiger partial charge is 0.481 e. The molecule has 1 heterocycles. The maximum absolute atomic E-state index is 13.5. The number of aliphatic carboxylic acids is 1. The third-order valence-corrected chi connectivity index (χ3v) is 5.21. The van der Waals surface area contributed by atoms with Crippen LogP contribution in [0.2, 0.25) is 5.02 Å². The van der Waals surface area contributed by atoms with Crippen LogP contribution in [0.25, 0.3) is 0 Å². The summed E-state index contributed by atoms with van der Waals surface area (Å²) in [4.78, 5) is 26.3. The fourth-order valence-corrected chi connectivity index (χ4v) is 3.72. The highest BCUT2D eigenvalue weighted by Crippen LogP contribution is 2.35. The molecule has 5 nitrogen and oxygen atoms in total. The van der Waals surface area contributed by atoms with E-state index in [1.54, 1.807) is 24.3 Å². The van der Waals surface area contributed by atoms with Crippen molar-refractivity contribution >= 4 is 23.5 Å². The summed E-state index contributed by atoms with van der Waals surface area (Å²) in [5.74, 6) is -2.05. The summed E-state index contributed by atoms with van der Waals surface area (Å²) in [6.07, 6.45) is -1.12. The van der Waals surface area contributed by atoms with E-state index >= 15 is 0 Å². The number of amides is 1. The lowest BCUT2D eigenvalue weighted by Crippen LogP contribution is -2.58. The van der Waals surface area contributed by atoms with Gasteiger partial charge < -0.3 is 15.1 Å². The number of aliphatic hydroxyl groups excluding tert-OH is 1. The Morgan fingerprint density at radius 1 is 1.22 bits per heavy atom. The summed E-state index contributed by atoms with van der Waals surface area (Å²) in [6, 6.07) is 12.0. The second kappa shape index (κ2) is 7.66. The van der Waals surface area contributed by atoms with E-state index < -0.39 is 23.3 Å². The number of nitrogens with zero attached hydrogens (tertiary/aromatic N) is 1. The number of rotatable bonds is 4. The number of likely N-dealkylation sites (tertiary alicyclic amines) is 1. The summed E-state index contributed by atoms with van der Waals surface area (Å²) >= 11 is 5.94. The summed E-state index contributed by atoms with van der Waals surface area (Å²) in [6.45, 7) is 0.0516. The molecular weight excluding hydrogens is 373 g/mol. The van der Waals surface area contributed by atoms with E-state index in [0.29, 0.717) is 16.1 Å². The van der Waals surface area contributed by atoms with Crippen molar-refractivity contribution in [2.24, 2.45) is 5.41 Å². The van der Waals surface area contributed by atoms with Crippen molar-refractivity contribution in [2.75, 3.05) is 13.1 Å². The number of halogens is 2. The molecule has 27 heavy (non-hydrogen) atoms. The number of carboxylic acids is 1. The Morgan fingerprint density at radius 3 is 2.63 bits per heavy atom. The highest BCUT2D eigenvalue weighted by atomic mass is 35.5. The molecule has 1 saturated heterocycles. The molecule has 2 aromatic carbocycles. The second-order valence-electron chi connectivity index (χ2n) is 6.81. The van der Waals surface area contributed by atoms with Gasteiger partial charge in [0.1, 0.15) is 11.2 Å². The molecular formula is C20H19ClFNO4. The zero-order chi connectivity index (χ0) is 19.6. The van der Waals surface area contributed by atoms with Crippen molar-refractivity contribution in [2.45, 2.75) is 18.9 Å². The van der Waals surface area contributed by atoms with Crippen LogP contribution in [0.3, 0.4) is 0 Å². The van der Waals surface area contributed by atoms with Crippen LogP contribution in [0.4, 0.5) is 4.39 Å². The lowest BCUT2D eigenvalue weighted by atomic mass is 9.72. The average Bonchev–Trinajstić information content (AvgIpc) is 2.63. The van der Waals surface area contributed by atoms with Gasteiger partial charge >= 0.3 is 5.97 Å². The van der Waals surface area contributed by atoms with Gasteiger partial charge in [-0.05, 0) is 48.7 Å². The standard InChI is InChI=1S/C20H19ClFNO4/c21-15-5-2-4-14(10-15)18(25)23-8-7-17(24)20(12-23,19(26)27)11-13-3-1-6-16(22)9-13/h1-6,9-10,17,24H,7-8,11-12H2,(H,26,27)/t17-,20-/m1/s1. The Kier molecular flexibility index (Phi) is 5.48. The minimum absolute atomic E-state index is 0.0828. The second-order valence-corrected chi connectivity index (χ2v) is 7.25. The predicted octanol–water partition coefficient (Wildman–Crippen LogP) is 3.00. The van der Waals surface area contributed by atoms with Crippen LogP contribution in [0.1, 0.15) is 22.3 Å². The third-order valence-electron chi connectivity index (χ3n) is 4.98. The van der Waals surface area contributed by atoms with E-state index in [1.165, 1.54) is 29.2 Å². The molecule has 1 fully saturated rings. The Morgan fingerprint density at radius 2 is 1.96 bits per heavy atom. The third kappa shape index (κ3) is 3.96.